The van der Waals surface area contributed by atoms with Crippen LogP contribution in [-0.4, -0.2) is 37.5 Å². The van der Waals surface area contributed by atoms with Crippen LogP contribution in [0.1, 0.15) is 20.8 Å². The van der Waals surface area contributed by atoms with Gasteiger partial charge in [0.15, 0.2) is 0 Å². The largest absolute Gasteiger partial charge is 0.354 e. The van der Waals surface area contributed by atoms with E-state index in [-0.39, 0.29) is 18.2 Å². The van der Waals surface area contributed by atoms with Crippen LogP contribution in [0.15, 0.2) is 0 Å². The molecule has 90 valence electrons. The van der Waals surface area contributed by atoms with E-state index in [0.29, 0.717) is 6.54 Å². The van der Waals surface area contributed by atoms with Gasteiger partial charge in [0, 0.05) is 13.1 Å². The molecule has 15 heavy (non-hydrogen) atoms. The highest BCUT2D eigenvalue weighted by Crippen LogP contribution is 2.14. The third-order valence-corrected chi connectivity index (χ3v) is 3.39. The molecule has 5 nitrogen and oxygen atoms in total. The van der Waals surface area contributed by atoms with Crippen LogP contribution in [0.25, 0.3) is 0 Å². The minimum absolute atomic E-state index is 0.102. The molecular weight excluding hydrogens is 284 g/mol. The van der Waals surface area contributed by atoms with Crippen molar-refractivity contribution in [3.8, 4) is 0 Å². The number of nitrogens with one attached hydrogen (secondary N) is 2. The molecule has 0 rings (SSSR count). The zero-order valence-corrected chi connectivity index (χ0v) is 11.5. The number of carbonyl (C=O) groups excluding carboxylic acids is 1. The molecule has 2 N–H and O–H groups in total. The number of carbonyl (C=O) groups is 1. The second kappa shape index (κ2) is 5.81. The molecule has 0 aromatic rings. The van der Waals surface area contributed by atoms with Crippen molar-refractivity contribution in [2.45, 2.75) is 25.1 Å². The van der Waals surface area contributed by atoms with Gasteiger partial charge in [0.05, 0.1) is 10.1 Å². The fourth-order valence-corrected chi connectivity index (χ4v) is 1.90. The number of alkyl halides is 1. The summed E-state index contributed by atoms with van der Waals surface area (Å²) in [7, 11) is -3.25. The Morgan fingerprint density at radius 3 is 2.33 bits per heavy atom. The molecule has 0 bridgehead atoms. The second-order valence-corrected chi connectivity index (χ2v) is 7.45. The van der Waals surface area contributed by atoms with Crippen molar-refractivity contribution >= 4 is 31.9 Å². The van der Waals surface area contributed by atoms with Crippen molar-refractivity contribution in [2.75, 3.05) is 18.8 Å². The van der Waals surface area contributed by atoms with Crippen LogP contribution in [0, 0.1) is 0 Å². The molecular formula is C8H17BrN2O3S. The van der Waals surface area contributed by atoms with Crippen LogP contribution in [0.5, 0.6) is 0 Å². The van der Waals surface area contributed by atoms with Gasteiger partial charge in [-0.05, 0) is 13.8 Å². The van der Waals surface area contributed by atoms with Crippen molar-refractivity contribution in [1.82, 2.24) is 10.0 Å². The minimum atomic E-state index is -3.25. The topological polar surface area (TPSA) is 75.3 Å². The molecule has 0 aliphatic rings. The first-order valence-electron chi connectivity index (χ1n) is 4.63. The van der Waals surface area contributed by atoms with Crippen molar-refractivity contribution in [3.63, 3.8) is 0 Å². The fraction of sp³-hybridized carbons (Fsp3) is 0.875. The van der Waals surface area contributed by atoms with E-state index in [4.69, 9.17) is 0 Å². The van der Waals surface area contributed by atoms with E-state index in [1.165, 1.54) is 0 Å². The van der Waals surface area contributed by atoms with Crippen LogP contribution in [-0.2, 0) is 14.8 Å². The van der Waals surface area contributed by atoms with Crippen LogP contribution >= 0.6 is 15.9 Å². The summed E-state index contributed by atoms with van der Waals surface area (Å²) in [5.41, 5.74) is 0. The molecule has 0 aliphatic heterocycles. The Bertz CT molecular complexity index is 308. The Morgan fingerprint density at radius 1 is 1.40 bits per heavy atom. The van der Waals surface area contributed by atoms with E-state index in [2.05, 4.69) is 26.0 Å². The van der Waals surface area contributed by atoms with E-state index in [9.17, 15) is 13.2 Å². The van der Waals surface area contributed by atoms with Gasteiger partial charge in [-0.15, -0.1) is 0 Å². The van der Waals surface area contributed by atoms with E-state index in [1.54, 1.807) is 20.8 Å². The summed E-state index contributed by atoms with van der Waals surface area (Å²) in [5.74, 6) is -0.329. The number of rotatable bonds is 6. The Morgan fingerprint density at radius 2 is 1.93 bits per heavy atom. The lowest BCUT2D eigenvalue weighted by atomic mass is 10.2. The zero-order valence-electron chi connectivity index (χ0n) is 9.13. The maximum absolute atomic E-state index is 11.3. The van der Waals surface area contributed by atoms with Crippen molar-refractivity contribution in [2.24, 2.45) is 0 Å². The Hall–Kier alpha value is -0.140. The molecule has 0 heterocycles. The molecule has 0 atom stereocenters. The van der Waals surface area contributed by atoms with Crippen LogP contribution in [0.3, 0.4) is 0 Å². The SMILES string of the molecule is CCNS(=O)(=O)CCNC(=O)C(C)(C)Br. The van der Waals surface area contributed by atoms with Crippen LogP contribution < -0.4 is 10.0 Å². The van der Waals surface area contributed by atoms with E-state index in [0.717, 1.165) is 0 Å². The average molecular weight is 301 g/mol. The molecule has 1 amide bonds. The van der Waals surface area contributed by atoms with Gasteiger partial charge in [-0.1, -0.05) is 22.9 Å². The summed E-state index contributed by atoms with van der Waals surface area (Å²) in [6, 6.07) is 0. The van der Waals surface area contributed by atoms with Crippen LogP contribution in [0.2, 0.25) is 0 Å². The molecule has 0 saturated heterocycles. The van der Waals surface area contributed by atoms with E-state index < -0.39 is 14.3 Å². The summed E-state index contributed by atoms with van der Waals surface area (Å²) in [4.78, 5) is 11.3. The number of hydrogen-bond acceptors (Lipinski definition) is 3. The monoisotopic (exact) mass is 300 g/mol. The number of halogens is 1. The quantitative estimate of drug-likeness (QED) is 0.689. The highest BCUT2D eigenvalue weighted by molar-refractivity contribution is 9.10. The van der Waals surface area contributed by atoms with Crippen molar-refractivity contribution in [3.05, 3.63) is 0 Å². The normalized spacial score (nSPS) is 12.5. The Kier molecular flexibility index (Phi) is 5.76. The summed E-state index contributed by atoms with van der Waals surface area (Å²) in [5, 5.41) is 2.53. The highest BCUT2D eigenvalue weighted by Gasteiger charge is 2.23. The fourth-order valence-electron chi connectivity index (χ4n) is 0.801. The average Bonchev–Trinajstić information content (AvgIpc) is 2.01. The molecule has 0 spiro atoms. The highest BCUT2D eigenvalue weighted by atomic mass is 79.9. The molecule has 0 unspecified atom stereocenters. The Balaban J connectivity index is 3.96. The first kappa shape index (κ1) is 14.9. The summed E-state index contributed by atoms with van der Waals surface area (Å²) in [6.07, 6.45) is 0. The van der Waals surface area contributed by atoms with E-state index >= 15 is 0 Å². The van der Waals surface area contributed by atoms with Gasteiger partial charge >= 0.3 is 0 Å². The lowest BCUT2D eigenvalue weighted by Gasteiger charge is -2.15. The van der Waals surface area contributed by atoms with Crippen molar-refractivity contribution in [1.29, 1.82) is 0 Å². The van der Waals surface area contributed by atoms with E-state index in [1.807, 2.05) is 0 Å². The molecule has 7 heteroatoms. The molecule has 0 aromatic heterocycles. The molecule has 0 radical (unpaired) electrons. The standard InChI is InChI=1S/C8H17BrN2O3S/c1-4-11-15(13,14)6-5-10-7(12)8(2,3)9/h11H,4-6H2,1-3H3,(H,10,12). The molecule has 0 saturated carbocycles. The van der Waals surface area contributed by atoms with Gasteiger partial charge in [0.1, 0.15) is 0 Å². The minimum Gasteiger partial charge on any atom is -0.354 e. The van der Waals surface area contributed by atoms with Gasteiger partial charge < -0.3 is 5.32 Å². The van der Waals surface area contributed by atoms with Gasteiger partial charge in [-0.25, -0.2) is 13.1 Å². The molecule has 0 aromatic carbocycles. The first-order valence-corrected chi connectivity index (χ1v) is 7.08. The Labute approximate surface area is 99.2 Å². The number of hydrogen-bond donors (Lipinski definition) is 2. The maximum Gasteiger partial charge on any atom is 0.236 e. The summed E-state index contributed by atoms with van der Waals surface area (Å²) in [6.45, 7) is 5.57. The van der Waals surface area contributed by atoms with Crippen molar-refractivity contribution < 1.29 is 13.2 Å². The zero-order chi connectivity index (χ0) is 12.1. The van der Waals surface area contributed by atoms with Gasteiger partial charge in [-0.3, -0.25) is 4.79 Å². The second-order valence-electron chi connectivity index (χ2n) is 3.55. The third-order valence-electron chi connectivity index (χ3n) is 1.56. The molecule has 0 fully saturated rings. The predicted molar refractivity (Wildman–Crippen MR) is 63.5 cm³/mol. The lowest BCUT2D eigenvalue weighted by molar-refractivity contribution is -0.122. The van der Waals surface area contributed by atoms with Crippen LogP contribution in [0.4, 0.5) is 0 Å². The number of amides is 1. The summed E-state index contributed by atoms with van der Waals surface area (Å²) >= 11 is 3.18. The van der Waals surface area contributed by atoms with Gasteiger partial charge in [-0.2, -0.15) is 0 Å². The van der Waals surface area contributed by atoms with Gasteiger partial charge in [0.25, 0.3) is 0 Å². The smallest absolute Gasteiger partial charge is 0.236 e. The number of sulfonamides is 1. The van der Waals surface area contributed by atoms with Gasteiger partial charge in [0.2, 0.25) is 15.9 Å². The lowest BCUT2D eigenvalue weighted by Crippen LogP contribution is -2.41. The predicted octanol–water partition coefficient (Wildman–Crippen LogP) is 0.215. The molecule has 0 aliphatic carbocycles. The first-order chi connectivity index (χ1) is 6.69. The summed E-state index contributed by atoms with van der Waals surface area (Å²) < 4.78 is 24.0. The maximum atomic E-state index is 11.3. The third kappa shape index (κ3) is 6.86.